The van der Waals surface area contributed by atoms with Crippen LogP contribution in [0.4, 0.5) is 0 Å². The molecule has 1 radical (unpaired) electrons. The number of carbonyl (C=O) groups is 1. The van der Waals surface area contributed by atoms with Gasteiger partial charge in [0.1, 0.15) is 0 Å². The second kappa shape index (κ2) is 4.64. The van der Waals surface area contributed by atoms with Gasteiger partial charge in [-0.15, -0.1) is 0 Å². The number of nitrogens with zero attached hydrogens (tertiary/aromatic N) is 1. The van der Waals surface area contributed by atoms with Crippen molar-refractivity contribution in [2.45, 2.75) is 0 Å². The third kappa shape index (κ3) is 2.08. The Kier molecular flexibility index (Phi) is 3.22. The SMILES string of the molecule is O=C(c1ccncc1)c1[c]ccc(Cl)c1Cl. The lowest BCUT2D eigenvalue weighted by Gasteiger charge is -2.03. The number of carbonyl (C=O) groups excluding carboxylic acids is 1. The van der Waals surface area contributed by atoms with Crippen LogP contribution in [0.5, 0.6) is 0 Å². The van der Waals surface area contributed by atoms with Gasteiger partial charge >= 0.3 is 0 Å². The van der Waals surface area contributed by atoms with Crippen LogP contribution < -0.4 is 0 Å². The second-order valence-electron chi connectivity index (χ2n) is 3.08. The van der Waals surface area contributed by atoms with E-state index < -0.39 is 0 Å². The van der Waals surface area contributed by atoms with Crippen LogP contribution in [0.15, 0.2) is 36.7 Å². The summed E-state index contributed by atoms with van der Waals surface area (Å²) < 4.78 is 0. The van der Waals surface area contributed by atoms with Gasteiger partial charge in [0.05, 0.1) is 15.6 Å². The number of pyridine rings is 1. The molecule has 1 aromatic heterocycles. The lowest BCUT2D eigenvalue weighted by molar-refractivity contribution is 0.103. The van der Waals surface area contributed by atoms with Crippen molar-refractivity contribution in [3.8, 4) is 0 Å². The Morgan fingerprint density at radius 3 is 2.56 bits per heavy atom. The first-order valence-electron chi connectivity index (χ1n) is 4.50. The molecule has 0 unspecified atom stereocenters. The third-order valence-corrected chi connectivity index (χ3v) is 2.86. The first-order valence-corrected chi connectivity index (χ1v) is 5.26. The Morgan fingerprint density at radius 1 is 1.19 bits per heavy atom. The molecular weight excluding hydrogens is 245 g/mol. The average Bonchev–Trinajstić information content (AvgIpc) is 2.33. The van der Waals surface area contributed by atoms with E-state index >= 15 is 0 Å². The zero-order valence-electron chi connectivity index (χ0n) is 8.08. The van der Waals surface area contributed by atoms with E-state index in [2.05, 4.69) is 11.1 Å². The molecule has 0 amide bonds. The highest BCUT2D eigenvalue weighted by Crippen LogP contribution is 2.26. The van der Waals surface area contributed by atoms with Gasteiger partial charge in [-0.1, -0.05) is 29.3 Å². The molecule has 0 saturated carbocycles. The minimum atomic E-state index is -0.213. The Bertz CT molecular complexity index is 526. The van der Waals surface area contributed by atoms with Crippen LogP contribution in [0.1, 0.15) is 15.9 Å². The van der Waals surface area contributed by atoms with E-state index in [1.165, 1.54) is 0 Å². The largest absolute Gasteiger partial charge is 0.289 e. The Morgan fingerprint density at radius 2 is 1.88 bits per heavy atom. The zero-order valence-corrected chi connectivity index (χ0v) is 9.59. The smallest absolute Gasteiger partial charge is 0.195 e. The maximum absolute atomic E-state index is 12.0. The fourth-order valence-electron chi connectivity index (χ4n) is 1.27. The molecule has 0 saturated heterocycles. The highest BCUT2D eigenvalue weighted by atomic mass is 35.5. The maximum Gasteiger partial charge on any atom is 0.195 e. The summed E-state index contributed by atoms with van der Waals surface area (Å²) in [7, 11) is 0. The van der Waals surface area contributed by atoms with Crippen molar-refractivity contribution in [3.05, 3.63) is 63.9 Å². The molecule has 2 rings (SSSR count). The molecule has 16 heavy (non-hydrogen) atoms. The van der Waals surface area contributed by atoms with Crippen molar-refractivity contribution in [2.24, 2.45) is 0 Å². The molecule has 0 aliphatic rings. The Labute approximate surface area is 103 Å². The van der Waals surface area contributed by atoms with Crippen LogP contribution in [-0.4, -0.2) is 10.8 Å². The van der Waals surface area contributed by atoms with Crippen molar-refractivity contribution >= 4 is 29.0 Å². The molecule has 0 N–H and O–H groups in total. The Balaban J connectivity index is 2.46. The van der Waals surface area contributed by atoms with Crippen LogP contribution in [0.3, 0.4) is 0 Å². The number of aromatic nitrogens is 1. The third-order valence-electron chi connectivity index (χ3n) is 2.06. The molecular formula is C12H6Cl2NO. The molecule has 0 spiro atoms. The van der Waals surface area contributed by atoms with Gasteiger partial charge in [-0.25, -0.2) is 0 Å². The molecule has 2 aromatic rings. The first-order chi connectivity index (χ1) is 7.70. The van der Waals surface area contributed by atoms with Crippen molar-refractivity contribution in [1.82, 2.24) is 4.98 Å². The van der Waals surface area contributed by atoms with Gasteiger partial charge in [0, 0.05) is 18.0 Å². The van der Waals surface area contributed by atoms with E-state index in [1.54, 1.807) is 36.7 Å². The number of hydrogen-bond acceptors (Lipinski definition) is 2. The van der Waals surface area contributed by atoms with Crippen LogP contribution in [-0.2, 0) is 0 Å². The van der Waals surface area contributed by atoms with Gasteiger partial charge in [-0.05, 0) is 24.3 Å². The zero-order chi connectivity index (χ0) is 11.5. The van der Waals surface area contributed by atoms with Crippen molar-refractivity contribution in [2.75, 3.05) is 0 Å². The molecule has 4 heteroatoms. The predicted octanol–water partition coefficient (Wildman–Crippen LogP) is 3.42. The van der Waals surface area contributed by atoms with Gasteiger partial charge in [0.2, 0.25) is 0 Å². The number of hydrogen-bond donors (Lipinski definition) is 0. The minimum Gasteiger partial charge on any atom is -0.289 e. The van der Waals surface area contributed by atoms with Crippen LogP contribution in [0.2, 0.25) is 10.0 Å². The number of rotatable bonds is 2. The molecule has 0 aliphatic heterocycles. The second-order valence-corrected chi connectivity index (χ2v) is 3.86. The predicted molar refractivity (Wildman–Crippen MR) is 63.0 cm³/mol. The van der Waals surface area contributed by atoms with Crippen molar-refractivity contribution in [3.63, 3.8) is 0 Å². The molecule has 79 valence electrons. The number of halogens is 2. The van der Waals surface area contributed by atoms with Crippen molar-refractivity contribution in [1.29, 1.82) is 0 Å². The Hall–Kier alpha value is -1.38. The molecule has 0 fully saturated rings. The first kappa shape index (κ1) is 11.1. The molecule has 1 heterocycles. The molecule has 0 aliphatic carbocycles. The van der Waals surface area contributed by atoms with Gasteiger partial charge in [0.15, 0.2) is 5.78 Å². The highest BCUT2D eigenvalue weighted by Gasteiger charge is 2.14. The fraction of sp³-hybridized carbons (Fsp3) is 0. The lowest BCUT2D eigenvalue weighted by atomic mass is 10.0. The molecule has 0 atom stereocenters. The van der Waals surface area contributed by atoms with E-state index in [0.29, 0.717) is 10.6 Å². The molecule has 2 nitrogen and oxygen atoms in total. The van der Waals surface area contributed by atoms with Gasteiger partial charge in [0.25, 0.3) is 0 Å². The summed E-state index contributed by atoms with van der Waals surface area (Å²) in [5.74, 6) is -0.213. The normalized spacial score (nSPS) is 10.1. The fourth-order valence-corrected chi connectivity index (χ4v) is 1.63. The summed E-state index contributed by atoms with van der Waals surface area (Å²) in [5.41, 5.74) is 0.788. The van der Waals surface area contributed by atoms with Crippen LogP contribution >= 0.6 is 23.2 Å². The monoisotopic (exact) mass is 250 g/mol. The van der Waals surface area contributed by atoms with Crippen LogP contribution in [0, 0.1) is 6.07 Å². The summed E-state index contributed by atoms with van der Waals surface area (Å²) in [6, 6.07) is 9.19. The van der Waals surface area contributed by atoms with E-state index in [-0.39, 0.29) is 16.4 Å². The van der Waals surface area contributed by atoms with Crippen molar-refractivity contribution < 1.29 is 4.79 Å². The average molecular weight is 251 g/mol. The lowest BCUT2D eigenvalue weighted by Crippen LogP contribution is -2.02. The summed E-state index contributed by atoms with van der Waals surface area (Å²) in [6.07, 6.45) is 3.09. The van der Waals surface area contributed by atoms with Gasteiger partial charge in [-0.2, -0.15) is 0 Å². The van der Waals surface area contributed by atoms with Gasteiger partial charge in [-0.3, -0.25) is 9.78 Å². The topological polar surface area (TPSA) is 30.0 Å². The van der Waals surface area contributed by atoms with Crippen LogP contribution in [0.25, 0.3) is 0 Å². The quantitative estimate of drug-likeness (QED) is 0.765. The van der Waals surface area contributed by atoms with E-state index in [9.17, 15) is 4.79 Å². The molecule has 0 bridgehead atoms. The number of ketones is 1. The number of benzene rings is 1. The summed E-state index contributed by atoms with van der Waals surface area (Å²) in [5, 5.41) is 0.573. The summed E-state index contributed by atoms with van der Waals surface area (Å²) in [4.78, 5) is 15.9. The highest BCUT2D eigenvalue weighted by molar-refractivity contribution is 6.44. The van der Waals surface area contributed by atoms with E-state index in [0.717, 1.165) is 0 Å². The van der Waals surface area contributed by atoms with E-state index in [1.807, 2.05) is 0 Å². The standard InChI is InChI=1S/C12H6Cl2NO/c13-10-3-1-2-9(11(10)14)12(16)8-4-6-15-7-5-8/h1,3-7H. The summed E-state index contributed by atoms with van der Waals surface area (Å²) in [6.45, 7) is 0. The van der Waals surface area contributed by atoms with E-state index in [4.69, 9.17) is 23.2 Å². The van der Waals surface area contributed by atoms with Gasteiger partial charge < -0.3 is 0 Å². The molecule has 1 aromatic carbocycles. The maximum atomic E-state index is 12.0. The summed E-state index contributed by atoms with van der Waals surface area (Å²) >= 11 is 11.8. The minimum absolute atomic E-state index is 0.213.